The van der Waals surface area contributed by atoms with E-state index in [4.69, 9.17) is 0 Å². The number of rotatable bonds is 6. The van der Waals surface area contributed by atoms with Crippen LogP contribution in [0.15, 0.2) is 24.3 Å². The standard InChI is InChI=1S/C17H24FN3/c1-5-19-17(14-6-8-15(18)9-7-14)11-10-16-12(2)20-21(4)13(16)3/h6-9,17,19H,5,10-11H2,1-4H3. The minimum absolute atomic E-state index is 0.187. The van der Waals surface area contributed by atoms with Gasteiger partial charge in [0, 0.05) is 18.8 Å². The Morgan fingerprint density at radius 3 is 2.43 bits per heavy atom. The van der Waals surface area contributed by atoms with Crippen molar-refractivity contribution in [3.8, 4) is 0 Å². The van der Waals surface area contributed by atoms with Crippen LogP contribution in [-0.2, 0) is 13.5 Å². The summed E-state index contributed by atoms with van der Waals surface area (Å²) < 4.78 is 15.0. The van der Waals surface area contributed by atoms with Crippen LogP contribution >= 0.6 is 0 Å². The first-order valence-corrected chi connectivity index (χ1v) is 7.50. The van der Waals surface area contributed by atoms with Gasteiger partial charge in [-0.15, -0.1) is 0 Å². The van der Waals surface area contributed by atoms with Crippen molar-refractivity contribution in [3.63, 3.8) is 0 Å². The maximum atomic E-state index is 13.1. The van der Waals surface area contributed by atoms with E-state index in [0.29, 0.717) is 0 Å². The molecule has 1 aromatic heterocycles. The Balaban J connectivity index is 2.11. The van der Waals surface area contributed by atoms with Crippen molar-refractivity contribution in [3.05, 3.63) is 52.6 Å². The summed E-state index contributed by atoms with van der Waals surface area (Å²) in [6.07, 6.45) is 1.95. The molecule has 0 aliphatic heterocycles. The zero-order valence-corrected chi connectivity index (χ0v) is 13.3. The zero-order valence-electron chi connectivity index (χ0n) is 13.3. The zero-order chi connectivity index (χ0) is 15.4. The van der Waals surface area contributed by atoms with Gasteiger partial charge in [0.25, 0.3) is 0 Å². The third kappa shape index (κ3) is 3.70. The topological polar surface area (TPSA) is 29.9 Å². The van der Waals surface area contributed by atoms with Crippen molar-refractivity contribution in [1.82, 2.24) is 15.1 Å². The van der Waals surface area contributed by atoms with Crippen LogP contribution in [0.2, 0.25) is 0 Å². The first kappa shape index (κ1) is 15.7. The molecule has 0 fully saturated rings. The summed E-state index contributed by atoms with van der Waals surface area (Å²) in [7, 11) is 1.98. The molecule has 0 amide bonds. The molecule has 1 N–H and O–H groups in total. The van der Waals surface area contributed by atoms with Crippen LogP contribution in [0.3, 0.4) is 0 Å². The van der Waals surface area contributed by atoms with Gasteiger partial charge in [-0.2, -0.15) is 5.10 Å². The molecule has 0 saturated heterocycles. The van der Waals surface area contributed by atoms with Gasteiger partial charge in [-0.05, 0) is 56.5 Å². The number of nitrogens with zero attached hydrogens (tertiary/aromatic N) is 2. The highest BCUT2D eigenvalue weighted by Crippen LogP contribution is 2.22. The second kappa shape index (κ2) is 6.85. The van der Waals surface area contributed by atoms with Crippen LogP contribution in [0.25, 0.3) is 0 Å². The number of benzene rings is 1. The largest absolute Gasteiger partial charge is 0.310 e. The molecule has 1 aromatic carbocycles. The van der Waals surface area contributed by atoms with E-state index in [9.17, 15) is 4.39 Å². The molecule has 0 aliphatic carbocycles. The smallest absolute Gasteiger partial charge is 0.123 e. The highest BCUT2D eigenvalue weighted by atomic mass is 19.1. The molecular formula is C17H24FN3. The predicted molar refractivity (Wildman–Crippen MR) is 83.8 cm³/mol. The Labute approximate surface area is 126 Å². The van der Waals surface area contributed by atoms with Gasteiger partial charge >= 0.3 is 0 Å². The highest BCUT2D eigenvalue weighted by Gasteiger charge is 2.14. The number of aryl methyl sites for hydroxylation is 2. The van der Waals surface area contributed by atoms with Gasteiger partial charge in [0.05, 0.1) is 5.69 Å². The molecule has 0 aliphatic rings. The maximum Gasteiger partial charge on any atom is 0.123 e. The molecule has 21 heavy (non-hydrogen) atoms. The van der Waals surface area contributed by atoms with Crippen molar-refractivity contribution in [2.75, 3.05) is 6.54 Å². The highest BCUT2D eigenvalue weighted by molar-refractivity contribution is 5.26. The van der Waals surface area contributed by atoms with E-state index in [2.05, 4.69) is 31.2 Å². The van der Waals surface area contributed by atoms with Crippen molar-refractivity contribution in [1.29, 1.82) is 0 Å². The van der Waals surface area contributed by atoms with Gasteiger partial charge in [0.2, 0.25) is 0 Å². The molecule has 1 heterocycles. The predicted octanol–water partition coefficient (Wildman–Crippen LogP) is 3.46. The number of hydrogen-bond donors (Lipinski definition) is 1. The minimum Gasteiger partial charge on any atom is -0.310 e. The first-order valence-electron chi connectivity index (χ1n) is 7.50. The van der Waals surface area contributed by atoms with Gasteiger partial charge in [0.1, 0.15) is 5.82 Å². The first-order chi connectivity index (χ1) is 10.0. The molecule has 1 atom stereocenters. The lowest BCUT2D eigenvalue weighted by atomic mass is 9.98. The van der Waals surface area contributed by atoms with Gasteiger partial charge < -0.3 is 5.32 Å². The Morgan fingerprint density at radius 2 is 1.90 bits per heavy atom. The lowest BCUT2D eigenvalue weighted by Crippen LogP contribution is -2.21. The summed E-state index contributed by atoms with van der Waals surface area (Å²) in [5, 5.41) is 7.95. The van der Waals surface area contributed by atoms with Crippen molar-refractivity contribution >= 4 is 0 Å². The Kier molecular flexibility index (Phi) is 5.12. The van der Waals surface area contributed by atoms with Crippen LogP contribution in [0.4, 0.5) is 4.39 Å². The van der Waals surface area contributed by atoms with Gasteiger partial charge in [-0.3, -0.25) is 4.68 Å². The molecule has 114 valence electrons. The molecule has 0 bridgehead atoms. The Morgan fingerprint density at radius 1 is 1.24 bits per heavy atom. The second-order valence-electron chi connectivity index (χ2n) is 5.47. The van der Waals surface area contributed by atoms with Crippen molar-refractivity contribution < 1.29 is 4.39 Å². The third-order valence-corrected chi connectivity index (χ3v) is 4.06. The Hall–Kier alpha value is -1.68. The van der Waals surface area contributed by atoms with Crippen LogP contribution in [0.1, 0.15) is 41.9 Å². The number of nitrogens with one attached hydrogen (secondary N) is 1. The monoisotopic (exact) mass is 289 g/mol. The van der Waals surface area contributed by atoms with Crippen molar-refractivity contribution in [2.45, 2.75) is 39.7 Å². The van der Waals surface area contributed by atoms with Crippen LogP contribution < -0.4 is 5.32 Å². The fourth-order valence-corrected chi connectivity index (χ4v) is 2.80. The van der Waals surface area contributed by atoms with E-state index in [0.717, 1.165) is 30.6 Å². The summed E-state index contributed by atoms with van der Waals surface area (Å²) in [4.78, 5) is 0. The van der Waals surface area contributed by atoms with Gasteiger partial charge in [-0.25, -0.2) is 4.39 Å². The molecular weight excluding hydrogens is 265 g/mol. The maximum absolute atomic E-state index is 13.1. The third-order valence-electron chi connectivity index (χ3n) is 4.06. The van der Waals surface area contributed by atoms with Crippen molar-refractivity contribution in [2.24, 2.45) is 7.05 Å². The van der Waals surface area contributed by atoms with Gasteiger partial charge in [0.15, 0.2) is 0 Å². The Bertz CT molecular complexity index is 587. The quantitative estimate of drug-likeness (QED) is 0.882. The van der Waals surface area contributed by atoms with E-state index in [1.165, 1.54) is 23.4 Å². The van der Waals surface area contributed by atoms with E-state index in [1.54, 1.807) is 0 Å². The number of hydrogen-bond acceptors (Lipinski definition) is 2. The summed E-state index contributed by atoms with van der Waals surface area (Å²) in [6.45, 7) is 7.15. The fraction of sp³-hybridized carbons (Fsp3) is 0.471. The molecule has 0 spiro atoms. The van der Waals surface area contributed by atoms with Crippen LogP contribution in [0, 0.1) is 19.7 Å². The molecule has 0 saturated carbocycles. The molecule has 1 unspecified atom stereocenters. The average Bonchev–Trinajstić information content (AvgIpc) is 2.70. The lowest BCUT2D eigenvalue weighted by Gasteiger charge is -2.18. The van der Waals surface area contributed by atoms with Crippen LogP contribution in [0.5, 0.6) is 0 Å². The fourth-order valence-electron chi connectivity index (χ4n) is 2.80. The average molecular weight is 289 g/mol. The molecule has 4 heteroatoms. The lowest BCUT2D eigenvalue weighted by molar-refractivity contribution is 0.513. The second-order valence-corrected chi connectivity index (χ2v) is 5.47. The summed E-state index contributed by atoms with van der Waals surface area (Å²) in [6, 6.07) is 7.03. The summed E-state index contributed by atoms with van der Waals surface area (Å²) in [5.41, 5.74) is 4.78. The van der Waals surface area contributed by atoms with E-state index >= 15 is 0 Å². The van der Waals surface area contributed by atoms with Gasteiger partial charge in [-0.1, -0.05) is 19.1 Å². The molecule has 0 radical (unpaired) electrons. The molecule has 3 nitrogen and oxygen atoms in total. The normalized spacial score (nSPS) is 12.6. The van der Waals surface area contributed by atoms with E-state index in [1.807, 2.05) is 23.9 Å². The summed E-state index contributed by atoms with van der Waals surface area (Å²) in [5.74, 6) is -0.187. The van der Waals surface area contributed by atoms with Crippen LogP contribution in [-0.4, -0.2) is 16.3 Å². The SMILES string of the molecule is CCNC(CCc1c(C)nn(C)c1C)c1ccc(F)cc1. The number of aromatic nitrogens is 2. The number of halogens is 1. The molecule has 2 rings (SSSR count). The summed E-state index contributed by atoms with van der Waals surface area (Å²) >= 11 is 0. The molecule has 2 aromatic rings. The van der Waals surface area contributed by atoms with E-state index < -0.39 is 0 Å². The van der Waals surface area contributed by atoms with E-state index in [-0.39, 0.29) is 11.9 Å². The minimum atomic E-state index is -0.187.